The third-order valence-electron chi connectivity index (χ3n) is 2.67. The van der Waals surface area contributed by atoms with Crippen molar-refractivity contribution < 1.29 is 0 Å². The summed E-state index contributed by atoms with van der Waals surface area (Å²) in [5.41, 5.74) is 2.33. The summed E-state index contributed by atoms with van der Waals surface area (Å²) in [6.45, 7) is 5.32. The van der Waals surface area contributed by atoms with Crippen molar-refractivity contribution in [1.82, 2.24) is 9.88 Å². The van der Waals surface area contributed by atoms with Gasteiger partial charge in [-0.05, 0) is 26.6 Å². The second kappa shape index (κ2) is 7.51. The molecule has 0 bridgehead atoms. The molecule has 0 aliphatic carbocycles. The van der Waals surface area contributed by atoms with E-state index in [1.807, 2.05) is 12.4 Å². The number of halogens is 1. The Morgan fingerprint density at radius 1 is 1.24 bits per heavy atom. The van der Waals surface area contributed by atoms with Gasteiger partial charge in [-0.15, -0.1) is 11.6 Å². The van der Waals surface area contributed by atoms with Crippen LogP contribution in [0.5, 0.6) is 0 Å². The van der Waals surface area contributed by atoms with Gasteiger partial charge in [-0.1, -0.05) is 6.92 Å². The Labute approximate surface area is 109 Å². The normalized spacial score (nSPS) is 10.9. The molecule has 3 nitrogen and oxygen atoms in total. The molecule has 4 heteroatoms. The van der Waals surface area contributed by atoms with E-state index in [1.54, 1.807) is 0 Å². The van der Waals surface area contributed by atoms with Gasteiger partial charge in [-0.3, -0.25) is 4.98 Å². The van der Waals surface area contributed by atoms with Crippen molar-refractivity contribution in [2.45, 2.75) is 19.2 Å². The van der Waals surface area contributed by atoms with E-state index in [0.29, 0.717) is 5.88 Å². The molecule has 0 atom stereocenters. The van der Waals surface area contributed by atoms with Gasteiger partial charge >= 0.3 is 0 Å². The zero-order valence-corrected chi connectivity index (χ0v) is 11.7. The molecule has 96 valence electrons. The van der Waals surface area contributed by atoms with Crippen LogP contribution < -0.4 is 4.90 Å². The minimum atomic E-state index is 0.519. The van der Waals surface area contributed by atoms with Gasteiger partial charge in [0.15, 0.2) is 0 Å². The Hall–Kier alpha value is -0.800. The molecule has 1 rings (SSSR count). The second-order valence-corrected chi connectivity index (χ2v) is 4.70. The van der Waals surface area contributed by atoms with Gasteiger partial charge < -0.3 is 9.80 Å². The van der Waals surface area contributed by atoms with Crippen molar-refractivity contribution in [2.24, 2.45) is 0 Å². The predicted molar refractivity (Wildman–Crippen MR) is 74.9 cm³/mol. The summed E-state index contributed by atoms with van der Waals surface area (Å²) >= 11 is 5.96. The summed E-state index contributed by atoms with van der Waals surface area (Å²) in [5, 5.41) is 0. The highest BCUT2D eigenvalue weighted by atomic mass is 35.5. The first-order valence-electron chi connectivity index (χ1n) is 6.07. The van der Waals surface area contributed by atoms with Crippen molar-refractivity contribution in [3.8, 4) is 0 Å². The summed E-state index contributed by atoms with van der Waals surface area (Å²) in [4.78, 5) is 8.72. The van der Waals surface area contributed by atoms with E-state index in [9.17, 15) is 0 Å². The first-order valence-corrected chi connectivity index (χ1v) is 6.61. The van der Waals surface area contributed by atoms with Crippen molar-refractivity contribution in [1.29, 1.82) is 0 Å². The average molecular weight is 256 g/mol. The van der Waals surface area contributed by atoms with E-state index in [1.165, 1.54) is 5.69 Å². The van der Waals surface area contributed by atoms with Crippen LogP contribution in [0.15, 0.2) is 18.5 Å². The fraction of sp³-hybridized carbons (Fsp3) is 0.615. The number of likely N-dealkylation sites (N-methyl/N-ethyl adjacent to an activating group) is 1. The maximum atomic E-state index is 5.96. The third kappa shape index (κ3) is 4.52. The number of hydrogen-bond donors (Lipinski definition) is 0. The molecule has 0 unspecified atom stereocenters. The maximum Gasteiger partial charge on any atom is 0.0509 e. The highest BCUT2D eigenvalue weighted by molar-refractivity contribution is 6.17. The molecular weight excluding hydrogens is 234 g/mol. The Morgan fingerprint density at radius 3 is 2.59 bits per heavy atom. The summed E-state index contributed by atoms with van der Waals surface area (Å²) in [5.74, 6) is 0.519. The van der Waals surface area contributed by atoms with Gasteiger partial charge in [-0.25, -0.2) is 0 Å². The standard InChI is InChI=1S/C13H22ClN3/c1-4-7-17(9-8-16(2)3)13-5-6-15-11-12(13)10-14/h5-6,11H,4,7-10H2,1-3H3. The topological polar surface area (TPSA) is 19.4 Å². The number of hydrogen-bond acceptors (Lipinski definition) is 3. The molecule has 0 saturated heterocycles. The zero-order chi connectivity index (χ0) is 12.7. The van der Waals surface area contributed by atoms with Crippen LogP contribution in [0.3, 0.4) is 0 Å². The molecule has 0 fully saturated rings. The van der Waals surface area contributed by atoms with E-state index < -0.39 is 0 Å². The van der Waals surface area contributed by atoms with Crippen LogP contribution in [0.2, 0.25) is 0 Å². The molecule has 0 amide bonds. The van der Waals surface area contributed by atoms with Gasteiger partial charge in [0, 0.05) is 43.3 Å². The number of anilines is 1. The molecule has 17 heavy (non-hydrogen) atoms. The first kappa shape index (κ1) is 14.3. The number of alkyl halides is 1. The van der Waals surface area contributed by atoms with Gasteiger partial charge in [-0.2, -0.15) is 0 Å². The van der Waals surface area contributed by atoms with Crippen LogP contribution in [0, 0.1) is 0 Å². The predicted octanol–water partition coefficient (Wildman–Crippen LogP) is 2.60. The van der Waals surface area contributed by atoms with E-state index in [-0.39, 0.29) is 0 Å². The molecule has 1 aromatic rings. The third-order valence-corrected chi connectivity index (χ3v) is 2.96. The second-order valence-electron chi connectivity index (χ2n) is 4.43. The van der Waals surface area contributed by atoms with Crippen molar-refractivity contribution in [3.05, 3.63) is 24.0 Å². The van der Waals surface area contributed by atoms with Gasteiger partial charge in [0.25, 0.3) is 0 Å². The highest BCUT2D eigenvalue weighted by Crippen LogP contribution is 2.21. The molecular formula is C13H22ClN3. The quantitative estimate of drug-likeness (QED) is 0.699. The van der Waals surface area contributed by atoms with E-state index >= 15 is 0 Å². The lowest BCUT2D eigenvalue weighted by molar-refractivity contribution is 0.413. The minimum Gasteiger partial charge on any atom is -0.370 e. The number of pyridine rings is 1. The lowest BCUT2D eigenvalue weighted by Gasteiger charge is -2.27. The number of aromatic nitrogens is 1. The maximum absolute atomic E-state index is 5.96. The summed E-state index contributed by atoms with van der Waals surface area (Å²) in [7, 11) is 4.19. The van der Waals surface area contributed by atoms with Crippen LogP contribution in [-0.2, 0) is 5.88 Å². The number of nitrogens with zero attached hydrogens (tertiary/aromatic N) is 3. The Morgan fingerprint density at radius 2 is 2.00 bits per heavy atom. The van der Waals surface area contributed by atoms with E-state index in [4.69, 9.17) is 11.6 Å². The van der Waals surface area contributed by atoms with Gasteiger partial charge in [0.2, 0.25) is 0 Å². The van der Waals surface area contributed by atoms with E-state index in [0.717, 1.165) is 31.6 Å². The SMILES string of the molecule is CCCN(CCN(C)C)c1ccncc1CCl. The van der Waals surface area contributed by atoms with Gasteiger partial charge in [0.1, 0.15) is 0 Å². The lowest BCUT2D eigenvalue weighted by Crippen LogP contribution is -2.32. The fourth-order valence-electron chi connectivity index (χ4n) is 1.77. The van der Waals surface area contributed by atoms with Crippen LogP contribution in [0.4, 0.5) is 5.69 Å². The average Bonchev–Trinajstić information content (AvgIpc) is 2.34. The van der Waals surface area contributed by atoms with Gasteiger partial charge in [0.05, 0.1) is 5.88 Å². The Balaban J connectivity index is 2.80. The molecule has 1 heterocycles. The Bertz CT molecular complexity index is 328. The molecule has 0 radical (unpaired) electrons. The molecule has 0 saturated carbocycles. The minimum absolute atomic E-state index is 0.519. The fourth-order valence-corrected chi connectivity index (χ4v) is 1.98. The van der Waals surface area contributed by atoms with Crippen LogP contribution in [0.25, 0.3) is 0 Å². The monoisotopic (exact) mass is 255 g/mol. The summed E-state index contributed by atoms with van der Waals surface area (Å²) in [6.07, 6.45) is 4.84. The van der Waals surface area contributed by atoms with Crippen molar-refractivity contribution in [2.75, 3.05) is 38.6 Å². The smallest absolute Gasteiger partial charge is 0.0509 e. The first-order chi connectivity index (χ1) is 8.19. The lowest BCUT2D eigenvalue weighted by atomic mass is 10.2. The van der Waals surface area contributed by atoms with Crippen molar-refractivity contribution >= 4 is 17.3 Å². The van der Waals surface area contributed by atoms with Crippen LogP contribution in [0.1, 0.15) is 18.9 Å². The molecule has 0 N–H and O–H groups in total. The van der Waals surface area contributed by atoms with Crippen LogP contribution >= 0.6 is 11.6 Å². The van der Waals surface area contributed by atoms with Crippen molar-refractivity contribution in [3.63, 3.8) is 0 Å². The Kier molecular flexibility index (Phi) is 6.30. The largest absolute Gasteiger partial charge is 0.370 e. The molecule has 0 aliphatic heterocycles. The van der Waals surface area contributed by atoms with Crippen LogP contribution in [-0.4, -0.2) is 43.6 Å². The molecule has 0 aromatic carbocycles. The summed E-state index contributed by atoms with van der Waals surface area (Å²) < 4.78 is 0. The highest BCUT2D eigenvalue weighted by Gasteiger charge is 2.10. The molecule has 0 aliphatic rings. The molecule has 1 aromatic heterocycles. The number of rotatable bonds is 7. The summed E-state index contributed by atoms with van der Waals surface area (Å²) in [6, 6.07) is 2.06. The zero-order valence-electron chi connectivity index (χ0n) is 11.0. The molecule has 0 spiro atoms. The van der Waals surface area contributed by atoms with E-state index in [2.05, 4.69) is 41.9 Å².